The van der Waals surface area contributed by atoms with Gasteiger partial charge < -0.3 is 14.7 Å². The first-order chi connectivity index (χ1) is 11.9. The van der Waals surface area contributed by atoms with E-state index in [0.717, 1.165) is 0 Å². The van der Waals surface area contributed by atoms with Crippen LogP contribution in [0.25, 0.3) is 11.4 Å². The zero-order valence-corrected chi connectivity index (χ0v) is 14.1. The number of likely N-dealkylation sites (N-methyl/N-ethyl adjacent to an activating group) is 1. The molecule has 1 aromatic heterocycles. The van der Waals surface area contributed by atoms with E-state index in [1.54, 1.807) is 31.0 Å². The minimum Gasteiger partial charge on any atom is -0.344 e. The largest absolute Gasteiger partial charge is 0.344 e. The van der Waals surface area contributed by atoms with Gasteiger partial charge in [-0.25, -0.2) is 4.39 Å². The Kier molecular flexibility index (Phi) is 4.78. The molecule has 0 spiro atoms. The van der Waals surface area contributed by atoms with Crippen molar-refractivity contribution in [2.45, 2.75) is 32.2 Å². The Labute approximate surface area is 144 Å². The summed E-state index contributed by atoms with van der Waals surface area (Å²) in [5.41, 5.74) is 1.05. The normalized spacial score (nSPS) is 17.2. The van der Waals surface area contributed by atoms with Crippen molar-refractivity contribution < 1.29 is 18.5 Å². The van der Waals surface area contributed by atoms with E-state index in [-0.39, 0.29) is 36.3 Å². The van der Waals surface area contributed by atoms with Crippen molar-refractivity contribution in [3.05, 3.63) is 35.5 Å². The highest BCUT2D eigenvalue weighted by Crippen LogP contribution is 2.19. The maximum atomic E-state index is 13.6. The Morgan fingerprint density at radius 1 is 1.48 bits per heavy atom. The SMILES string of the molecule is Cc1ccc(-c2noc(CCC(=O)NC3CCN(C)C3=O)n2)cc1F. The Balaban J connectivity index is 1.55. The van der Waals surface area contributed by atoms with Gasteiger partial charge in [0, 0.05) is 32.0 Å². The summed E-state index contributed by atoms with van der Waals surface area (Å²) in [6.07, 6.45) is 1.01. The number of aromatic nitrogens is 2. The fourth-order valence-electron chi connectivity index (χ4n) is 2.65. The van der Waals surface area contributed by atoms with Gasteiger partial charge in [0.1, 0.15) is 11.9 Å². The number of hydrogen-bond acceptors (Lipinski definition) is 5. The minimum atomic E-state index is -0.453. The predicted octanol–water partition coefficient (Wildman–Crippen LogP) is 1.46. The molecule has 0 saturated carbocycles. The van der Waals surface area contributed by atoms with Gasteiger partial charge in [-0.3, -0.25) is 9.59 Å². The summed E-state index contributed by atoms with van der Waals surface area (Å²) in [5.74, 6) is -0.0815. The molecule has 132 valence electrons. The van der Waals surface area contributed by atoms with Gasteiger partial charge in [-0.15, -0.1) is 0 Å². The number of amides is 2. The van der Waals surface area contributed by atoms with Crippen LogP contribution in [0.5, 0.6) is 0 Å². The van der Waals surface area contributed by atoms with Crippen molar-refractivity contribution in [3.8, 4) is 11.4 Å². The van der Waals surface area contributed by atoms with E-state index in [0.29, 0.717) is 30.0 Å². The fourth-order valence-corrected chi connectivity index (χ4v) is 2.65. The monoisotopic (exact) mass is 346 g/mol. The van der Waals surface area contributed by atoms with Gasteiger partial charge in [0.15, 0.2) is 0 Å². The van der Waals surface area contributed by atoms with Crippen LogP contribution in [-0.2, 0) is 16.0 Å². The Morgan fingerprint density at radius 2 is 2.28 bits per heavy atom. The highest BCUT2D eigenvalue weighted by Gasteiger charge is 2.30. The molecule has 1 atom stereocenters. The van der Waals surface area contributed by atoms with Crippen LogP contribution < -0.4 is 5.32 Å². The van der Waals surface area contributed by atoms with E-state index in [4.69, 9.17) is 4.52 Å². The molecular weight excluding hydrogens is 327 g/mol. The first kappa shape index (κ1) is 17.1. The number of nitrogens with zero attached hydrogens (tertiary/aromatic N) is 3. The molecule has 0 aliphatic carbocycles. The number of rotatable bonds is 5. The van der Waals surface area contributed by atoms with E-state index in [1.807, 2.05) is 0 Å². The molecule has 1 aromatic carbocycles. The molecule has 2 heterocycles. The molecule has 0 bridgehead atoms. The maximum absolute atomic E-state index is 13.6. The molecule has 1 aliphatic heterocycles. The van der Waals surface area contributed by atoms with Gasteiger partial charge in [0.2, 0.25) is 23.5 Å². The number of aryl methyl sites for hydroxylation is 2. The molecular formula is C17H19FN4O3. The number of carbonyl (C=O) groups is 2. The standard InChI is InChI=1S/C17H19FN4O3/c1-10-3-4-11(9-12(10)18)16-20-15(25-21-16)6-5-14(23)19-13-7-8-22(2)17(13)24/h3-4,9,13H,5-8H2,1-2H3,(H,19,23). The summed E-state index contributed by atoms with van der Waals surface area (Å²) >= 11 is 0. The number of benzene rings is 1. The second-order valence-corrected chi connectivity index (χ2v) is 6.14. The van der Waals surface area contributed by atoms with Crippen LogP contribution in [0.1, 0.15) is 24.3 Å². The molecule has 2 aromatic rings. The summed E-state index contributed by atoms with van der Waals surface area (Å²) in [7, 11) is 1.71. The molecule has 3 rings (SSSR count). The lowest BCUT2D eigenvalue weighted by molar-refractivity contribution is -0.131. The lowest BCUT2D eigenvalue weighted by atomic mass is 10.1. The second-order valence-electron chi connectivity index (χ2n) is 6.14. The molecule has 1 fully saturated rings. The van der Waals surface area contributed by atoms with Gasteiger partial charge in [-0.2, -0.15) is 4.98 Å². The highest BCUT2D eigenvalue weighted by molar-refractivity contribution is 5.88. The first-order valence-corrected chi connectivity index (χ1v) is 8.07. The van der Waals surface area contributed by atoms with Crippen molar-refractivity contribution in [2.24, 2.45) is 0 Å². The van der Waals surface area contributed by atoms with E-state index in [2.05, 4.69) is 15.5 Å². The predicted molar refractivity (Wildman–Crippen MR) is 86.9 cm³/mol. The van der Waals surface area contributed by atoms with E-state index < -0.39 is 6.04 Å². The third-order valence-corrected chi connectivity index (χ3v) is 4.23. The Hall–Kier alpha value is -2.77. The van der Waals surface area contributed by atoms with Gasteiger partial charge in [0.25, 0.3) is 0 Å². The number of likely N-dealkylation sites (tertiary alicyclic amines) is 1. The molecule has 7 nitrogen and oxygen atoms in total. The van der Waals surface area contributed by atoms with Crippen molar-refractivity contribution >= 4 is 11.8 Å². The van der Waals surface area contributed by atoms with Gasteiger partial charge in [-0.05, 0) is 25.0 Å². The number of hydrogen-bond donors (Lipinski definition) is 1. The molecule has 2 amide bonds. The molecule has 8 heteroatoms. The van der Waals surface area contributed by atoms with Crippen molar-refractivity contribution in [2.75, 3.05) is 13.6 Å². The molecule has 1 unspecified atom stereocenters. The van der Waals surface area contributed by atoms with Crippen LogP contribution >= 0.6 is 0 Å². The average Bonchev–Trinajstić information content (AvgIpc) is 3.18. The van der Waals surface area contributed by atoms with Crippen LogP contribution in [0.4, 0.5) is 4.39 Å². The topological polar surface area (TPSA) is 88.3 Å². The smallest absolute Gasteiger partial charge is 0.244 e. The number of halogens is 1. The van der Waals surface area contributed by atoms with E-state index in [9.17, 15) is 14.0 Å². The van der Waals surface area contributed by atoms with E-state index in [1.165, 1.54) is 6.07 Å². The minimum absolute atomic E-state index is 0.0742. The van der Waals surface area contributed by atoms with E-state index >= 15 is 0 Å². The maximum Gasteiger partial charge on any atom is 0.244 e. The molecule has 1 aliphatic rings. The van der Waals surface area contributed by atoms with Crippen LogP contribution in [0.15, 0.2) is 22.7 Å². The average molecular weight is 346 g/mol. The van der Waals surface area contributed by atoms with Crippen molar-refractivity contribution in [1.29, 1.82) is 0 Å². The first-order valence-electron chi connectivity index (χ1n) is 8.07. The van der Waals surface area contributed by atoms with Gasteiger partial charge in [0.05, 0.1) is 0 Å². The van der Waals surface area contributed by atoms with Gasteiger partial charge >= 0.3 is 0 Å². The summed E-state index contributed by atoms with van der Waals surface area (Å²) < 4.78 is 18.7. The third kappa shape index (κ3) is 3.84. The summed E-state index contributed by atoms with van der Waals surface area (Å²) in [4.78, 5) is 29.5. The zero-order valence-electron chi connectivity index (χ0n) is 14.1. The summed E-state index contributed by atoms with van der Waals surface area (Å²) in [6.45, 7) is 2.32. The fraction of sp³-hybridized carbons (Fsp3) is 0.412. The highest BCUT2D eigenvalue weighted by atomic mass is 19.1. The van der Waals surface area contributed by atoms with Crippen LogP contribution in [-0.4, -0.2) is 46.5 Å². The number of nitrogens with one attached hydrogen (secondary N) is 1. The third-order valence-electron chi connectivity index (χ3n) is 4.23. The molecule has 0 radical (unpaired) electrons. The second kappa shape index (κ2) is 7.00. The van der Waals surface area contributed by atoms with Crippen LogP contribution in [0.2, 0.25) is 0 Å². The van der Waals surface area contributed by atoms with Crippen molar-refractivity contribution in [3.63, 3.8) is 0 Å². The Morgan fingerprint density at radius 3 is 2.96 bits per heavy atom. The summed E-state index contributed by atoms with van der Waals surface area (Å²) in [5, 5.41) is 6.53. The Bertz CT molecular complexity index is 805. The molecule has 1 saturated heterocycles. The zero-order chi connectivity index (χ0) is 18.0. The number of carbonyl (C=O) groups excluding carboxylic acids is 2. The summed E-state index contributed by atoms with van der Waals surface area (Å²) in [6, 6.07) is 4.25. The van der Waals surface area contributed by atoms with Crippen LogP contribution in [0.3, 0.4) is 0 Å². The molecule has 25 heavy (non-hydrogen) atoms. The van der Waals surface area contributed by atoms with Gasteiger partial charge in [-0.1, -0.05) is 17.3 Å². The lowest BCUT2D eigenvalue weighted by Gasteiger charge is -2.11. The van der Waals surface area contributed by atoms with Crippen LogP contribution in [0, 0.1) is 12.7 Å². The quantitative estimate of drug-likeness (QED) is 0.885. The lowest BCUT2D eigenvalue weighted by Crippen LogP contribution is -2.40. The van der Waals surface area contributed by atoms with Crippen molar-refractivity contribution in [1.82, 2.24) is 20.4 Å². The molecule has 1 N–H and O–H groups in total.